The molecule has 0 amide bonds. The average Bonchev–Trinajstić information content (AvgIpc) is 2.30. The summed E-state index contributed by atoms with van der Waals surface area (Å²) in [6.07, 6.45) is -4.55. The number of hydrogen-bond acceptors (Lipinski definition) is 1. The van der Waals surface area contributed by atoms with Crippen molar-refractivity contribution in [2.75, 3.05) is 6.54 Å². The number of rotatable bonds is 6. The summed E-state index contributed by atoms with van der Waals surface area (Å²) in [5, 5.41) is 4.02. The van der Waals surface area contributed by atoms with E-state index in [1.807, 2.05) is 6.92 Å². The second-order valence-electron chi connectivity index (χ2n) is 4.31. The quantitative estimate of drug-likeness (QED) is 0.791. The number of benzene rings is 1. The third-order valence-electron chi connectivity index (χ3n) is 2.78. The Labute approximate surface area is 121 Å². The Morgan fingerprint density at radius 1 is 1.21 bits per heavy atom. The van der Waals surface area contributed by atoms with Crippen LogP contribution in [-0.4, -0.2) is 18.8 Å². The van der Waals surface area contributed by atoms with Crippen molar-refractivity contribution in [2.24, 2.45) is 0 Å². The average molecular weight is 314 g/mol. The largest absolute Gasteiger partial charge is 0.389 e. The van der Waals surface area contributed by atoms with E-state index in [4.69, 9.17) is 23.2 Å². The molecule has 0 aliphatic rings. The first kappa shape index (κ1) is 16.6. The maximum absolute atomic E-state index is 12.3. The molecule has 1 aromatic carbocycles. The van der Waals surface area contributed by atoms with Gasteiger partial charge in [0.1, 0.15) is 0 Å². The molecule has 0 aliphatic heterocycles. The Morgan fingerprint density at radius 3 is 2.26 bits per heavy atom. The number of nitrogens with one attached hydrogen (secondary N) is 1. The van der Waals surface area contributed by atoms with Crippen LogP contribution in [0.4, 0.5) is 13.2 Å². The molecular weight excluding hydrogens is 298 g/mol. The molecule has 0 radical (unpaired) electrons. The second-order valence-corrected chi connectivity index (χ2v) is 5.13. The minimum Gasteiger partial charge on any atom is -0.314 e. The molecule has 0 saturated carbocycles. The zero-order chi connectivity index (χ0) is 14.5. The van der Waals surface area contributed by atoms with Crippen molar-refractivity contribution < 1.29 is 13.2 Å². The molecule has 1 nitrogen and oxygen atoms in total. The summed E-state index contributed by atoms with van der Waals surface area (Å²) in [5.74, 6) is 0. The maximum Gasteiger partial charge on any atom is 0.389 e. The molecule has 1 N–H and O–H groups in total. The highest BCUT2D eigenvalue weighted by molar-refractivity contribution is 6.35. The fourth-order valence-electron chi connectivity index (χ4n) is 1.88. The number of alkyl halides is 3. The van der Waals surface area contributed by atoms with Gasteiger partial charge in [-0.15, -0.1) is 0 Å². The Bertz CT molecular complexity index is 387. The highest BCUT2D eigenvalue weighted by Crippen LogP contribution is 2.28. The molecule has 19 heavy (non-hydrogen) atoms. The second kappa shape index (κ2) is 7.36. The van der Waals surface area contributed by atoms with E-state index in [9.17, 15) is 13.2 Å². The first-order chi connectivity index (χ1) is 8.83. The van der Waals surface area contributed by atoms with Gasteiger partial charge in [-0.1, -0.05) is 36.2 Å². The van der Waals surface area contributed by atoms with Gasteiger partial charge in [-0.3, -0.25) is 0 Å². The van der Waals surface area contributed by atoms with Gasteiger partial charge in [0.05, 0.1) is 0 Å². The van der Waals surface area contributed by atoms with Crippen LogP contribution in [0.2, 0.25) is 10.0 Å². The Balaban J connectivity index is 2.72. The van der Waals surface area contributed by atoms with Crippen molar-refractivity contribution in [3.63, 3.8) is 0 Å². The molecule has 0 aliphatic carbocycles. The first-order valence-electron chi connectivity index (χ1n) is 6.06. The predicted octanol–water partition coefficient (Wildman–Crippen LogP) is 4.86. The van der Waals surface area contributed by atoms with Gasteiger partial charge < -0.3 is 5.32 Å². The molecule has 6 heteroatoms. The van der Waals surface area contributed by atoms with Gasteiger partial charge in [-0.05, 0) is 37.1 Å². The van der Waals surface area contributed by atoms with E-state index in [-0.39, 0.29) is 12.5 Å². The summed E-state index contributed by atoms with van der Waals surface area (Å²) < 4.78 is 36.8. The topological polar surface area (TPSA) is 12.0 Å². The summed E-state index contributed by atoms with van der Waals surface area (Å²) >= 11 is 12.1. The molecule has 0 aromatic heterocycles. The van der Waals surface area contributed by atoms with Crippen LogP contribution in [0.5, 0.6) is 0 Å². The van der Waals surface area contributed by atoms with Gasteiger partial charge in [0, 0.05) is 22.5 Å². The van der Waals surface area contributed by atoms with Crippen LogP contribution < -0.4 is 5.32 Å². The molecule has 0 heterocycles. The highest BCUT2D eigenvalue weighted by Gasteiger charge is 2.28. The van der Waals surface area contributed by atoms with Gasteiger partial charge in [0.15, 0.2) is 0 Å². The summed E-state index contributed by atoms with van der Waals surface area (Å²) in [6, 6.07) is 4.81. The lowest BCUT2D eigenvalue weighted by molar-refractivity contribution is -0.136. The van der Waals surface area contributed by atoms with Crippen LogP contribution in [0.1, 0.15) is 25.3 Å². The first-order valence-corrected chi connectivity index (χ1v) is 6.82. The van der Waals surface area contributed by atoms with E-state index < -0.39 is 12.6 Å². The van der Waals surface area contributed by atoms with E-state index in [1.165, 1.54) is 0 Å². The zero-order valence-electron chi connectivity index (χ0n) is 10.5. The van der Waals surface area contributed by atoms with Gasteiger partial charge in [0.2, 0.25) is 0 Å². The number of halogens is 5. The van der Waals surface area contributed by atoms with Gasteiger partial charge in [-0.2, -0.15) is 13.2 Å². The van der Waals surface area contributed by atoms with Crippen LogP contribution in [0.15, 0.2) is 18.2 Å². The summed E-state index contributed by atoms with van der Waals surface area (Å²) in [6.45, 7) is 2.46. The molecule has 1 aromatic rings. The Kier molecular flexibility index (Phi) is 6.43. The van der Waals surface area contributed by atoms with E-state index >= 15 is 0 Å². The van der Waals surface area contributed by atoms with Crippen molar-refractivity contribution in [1.29, 1.82) is 0 Å². The standard InChI is InChI=1S/C13H16Cl2F3N/c1-2-19-9(6-7-13(16,17)18)8-10-11(14)4-3-5-12(10)15/h3-5,9,19H,2,6-8H2,1H3. The van der Waals surface area contributed by atoms with E-state index in [2.05, 4.69) is 5.32 Å². The van der Waals surface area contributed by atoms with Gasteiger partial charge in [0.25, 0.3) is 0 Å². The fraction of sp³-hybridized carbons (Fsp3) is 0.538. The molecule has 0 spiro atoms. The molecule has 1 unspecified atom stereocenters. The summed E-state index contributed by atoms with van der Waals surface area (Å²) in [5.41, 5.74) is 0.693. The minimum absolute atomic E-state index is 0.0128. The van der Waals surface area contributed by atoms with Crippen molar-refractivity contribution in [2.45, 2.75) is 38.4 Å². The monoisotopic (exact) mass is 313 g/mol. The van der Waals surface area contributed by atoms with Crippen LogP contribution in [0.25, 0.3) is 0 Å². The van der Waals surface area contributed by atoms with Gasteiger partial charge in [-0.25, -0.2) is 0 Å². The van der Waals surface area contributed by atoms with Crippen molar-refractivity contribution in [3.05, 3.63) is 33.8 Å². The maximum atomic E-state index is 12.3. The van der Waals surface area contributed by atoms with E-state index in [1.54, 1.807) is 18.2 Å². The molecule has 0 bridgehead atoms. The molecule has 1 atom stereocenters. The van der Waals surface area contributed by atoms with E-state index in [0.717, 1.165) is 0 Å². The predicted molar refractivity (Wildman–Crippen MR) is 72.9 cm³/mol. The van der Waals surface area contributed by atoms with Gasteiger partial charge >= 0.3 is 6.18 Å². The third-order valence-corrected chi connectivity index (χ3v) is 3.49. The zero-order valence-corrected chi connectivity index (χ0v) is 12.0. The van der Waals surface area contributed by atoms with Crippen LogP contribution in [0, 0.1) is 0 Å². The number of likely N-dealkylation sites (N-methyl/N-ethyl adjacent to an activating group) is 1. The fourth-order valence-corrected chi connectivity index (χ4v) is 2.43. The van der Waals surface area contributed by atoms with Crippen LogP contribution >= 0.6 is 23.2 Å². The third kappa shape index (κ3) is 6.02. The van der Waals surface area contributed by atoms with E-state index in [0.29, 0.717) is 28.6 Å². The normalized spacial score (nSPS) is 13.6. The molecular formula is C13H16Cl2F3N. The lowest BCUT2D eigenvalue weighted by Crippen LogP contribution is -2.32. The minimum atomic E-state index is -4.14. The summed E-state index contributed by atoms with van der Waals surface area (Å²) in [4.78, 5) is 0. The highest BCUT2D eigenvalue weighted by atomic mass is 35.5. The SMILES string of the molecule is CCNC(CCC(F)(F)F)Cc1c(Cl)cccc1Cl. The summed E-state index contributed by atoms with van der Waals surface area (Å²) in [7, 11) is 0. The molecule has 0 saturated heterocycles. The molecule has 1 rings (SSSR count). The van der Waals surface area contributed by atoms with Crippen molar-refractivity contribution >= 4 is 23.2 Å². The number of hydrogen-bond donors (Lipinski definition) is 1. The molecule has 0 fully saturated rings. The smallest absolute Gasteiger partial charge is 0.314 e. The van der Waals surface area contributed by atoms with Crippen molar-refractivity contribution in [1.82, 2.24) is 5.32 Å². The lowest BCUT2D eigenvalue weighted by atomic mass is 10.0. The molecule has 108 valence electrons. The Morgan fingerprint density at radius 2 is 1.79 bits per heavy atom. The lowest BCUT2D eigenvalue weighted by Gasteiger charge is -2.20. The van der Waals surface area contributed by atoms with Crippen LogP contribution in [-0.2, 0) is 6.42 Å². The Hall–Kier alpha value is -0.450. The van der Waals surface area contributed by atoms with Crippen LogP contribution in [0.3, 0.4) is 0 Å². The van der Waals surface area contributed by atoms with Crippen molar-refractivity contribution in [3.8, 4) is 0 Å².